The van der Waals surface area contributed by atoms with Crippen molar-refractivity contribution in [2.24, 2.45) is 0 Å². The first kappa shape index (κ1) is 27.3. The Morgan fingerprint density at radius 3 is 2.74 bits per heavy atom. The van der Waals surface area contributed by atoms with E-state index in [2.05, 4.69) is 54.5 Å². The van der Waals surface area contributed by atoms with Crippen LogP contribution in [0, 0.1) is 0 Å². The Bertz CT molecular complexity index is 1230. The molecule has 1 amide bonds. The summed E-state index contributed by atoms with van der Waals surface area (Å²) in [6.07, 6.45) is 6.80. The lowest BCUT2D eigenvalue weighted by atomic mass is 10.1. The summed E-state index contributed by atoms with van der Waals surface area (Å²) in [6.45, 7) is 6.12. The molecule has 1 aromatic carbocycles. The zero-order valence-corrected chi connectivity index (χ0v) is 23.3. The molecular formula is C29H37ClN8O. The second-order valence-electron chi connectivity index (χ2n) is 10.3. The van der Waals surface area contributed by atoms with Crippen molar-refractivity contribution in [1.29, 1.82) is 0 Å². The van der Waals surface area contributed by atoms with Gasteiger partial charge in [0, 0.05) is 74.8 Å². The molecule has 3 aromatic rings. The van der Waals surface area contributed by atoms with Gasteiger partial charge in [0.25, 0.3) is 0 Å². The van der Waals surface area contributed by atoms with Gasteiger partial charge in [-0.2, -0.15) is 0 Å². The SMILES string of the molecule is CN1CCN(CC(=O)NCCC2CCCN2c2ccc(-c3ccnc(Nc4cccc(CCl)c4)n3)cn2)CC1. The van der Waals surface area contributed by atoms with Gasteiger partial charge in [-0.3, -0.25) is 9.69 Å². The molecule has 2 aliphatic rings. The predicted octanol–water partition coefficient (Wildman–Crippen LogP) is 3.74. The lowest BCUT2D eigenvalue weighted by Gasteiger charge is -2.31. The van der Waals surface area contributed by atoms with Gasteiger partial charge in [-0.25, -0.2) is 15.0 Å². The van der Waals surface area contributed by atoms with Gasteiger partial charge in [0.1, 0.15) is 5.82 Å². The quantitative estimate of drug-likeness (QED) is 0.370. The first-order chi connectivity index (χ1) is 19.1. The summed E-state index contributed by atoms with van der Waals surface area (Å²) in [4.78, 5) is 33.2. The molecule has 10 heteroatoms. The van der Waals surface area contributed by atoms with Crippen LogP contribution in [0.2, 0.25) is 0 Å². The molecule has 2 aromatic heterocycles. The maximum Gasteiger partial charge on any atom is 0.234 e. The van der Waals surface area contributed by atoms with Crippen molar-refractivity contribution >= 4 is 35.0 Å². The van der Waals surface area contributed by atoms with E-state index in [0.29, 0.717) is 31.0 Å². The number of hydrogen-bond acceptors (Lipinski definition) is 8. The minimum atomic E-state index is 0.122. The van der Waals surface area contributed by atoms with Gasteiger partial charge >= 0.3 is 0 Å². The summed E-state index contributed by atoms with van der Waals surface area (Å²) in [5, 5.41) is 6.39. The second-order valence-corrected chi connectivity index (χ2v) is 10.6. The lowest BCUT2D eigenvalue weighted by Crippen LogP contribution is -2.48. The molecule has 206 valence electrons. The molecule has 0 spiro atoms. The predicted molar refractivity (Wildman–Crippen MR) is 156 cm³/mol. The molecule has 0 aliphatic carbocycles. The molecule has 1 unspecified atom stereocenters. The molecule has 0 radical (unpaired) electrons. The average Bonchev–Trinajstić information content (AvgIpc) is 3.43. The van der Waals surface area contributed by atoms with E-state index in [1.165, 1.54) is 0 Å². The maximum absolute atomic E-state index is 12.4. The highest BCUT2D eigenvalue weighted by atomic mass is 35.5. The number of pyridine rings is 1. The van der Waals surface area contributed by atoms with Crippen molar-refractivity contribution < 1.29 is 4.79 Å². The molecule has 0 bridgehead atoms. The Hall–Kier alpha value is -3.27. The van der Waals surface area contributed by atoms with Crippen molar-refractivity contribution in [3.8, 4) is 11.3 Å². The van der Waals surface area contributed by atoms with Crippen LogP contribution in [0.5, 0.6) is 0 Å². The van der Waals surface area contributed by atoms with Crippen LogP contribution in [-0.2, 0) is 10.7 Å². The highest BCUT2D eigenvalue weighted by Gasteiger charge is 2.25. The Morgan fingerprint density at radius 1 is 1.08 bits per heavy atom. The minimum absolute atomic E-state index is 0.122. The third-order valence-electron chi connectivity index (χ3n) is 7.47. The van der Waals surface area contributed by atoms with Crippen molar-refractivity contribution in [2.45, 2.75) is 31.2 Å². The van der Waals surface area contributed by atoms with E-state index >= 15 is 0 Å². The Morgan fingerprint density at radius 2 is 1.95 bits per heavy atom. The van der Waals surface area contributed by atoms with Crippen molar-refractivity contribution in [3.05, 3.63) is 60.4 Å². The van der Waals surface area contributed by atoms with Crippen LogP contribution in [0.1, 0.15) is 24.8 Å². The smallest absolute Gasteiger partial charge is 0.234 e. The monoisotopic (exact) mass is 548 g/mol. The average molecular weight is 549 g/mol. The fourth-order valence-corrected chi connectivity index (χ4v) is 5.40. The first-order valence-electron chi connectivity index (χ1n) is 13.7. The molecule has 9 nitrogen and oxygen atoms in total. The number of benzene rings is 1. The summed E-state index contributed by atoms with van der Waals surface area (Å²) in [5.74, 6) is 2.07. The van der Waals surface area contributed by atoms with E-state index < -0.39 is 0 Å². The topological polar surface area (TPSA) is 89.5 Å². The van der Waals surface area contributed by atoms with Crippen LogP contribution < -0.4 is 15.5 Å². The zero-order chi connectivity index (χ0) is 27.0. The number of anilines is 3. The van der Waals surface area contributed by atoms with Gasteiger partial charge in [0.2, 0.25) is 11.9 Å². The van der Waals surface area contributed by atoms with E-state index in [1.807, 2.05) is 36.5 Å². The van der Waals surface area contributed by atoms with Crippen LogP contribution in [-0.4, -0.2) is 89.6 Å². The molecule has 5 rings (SSSR count). The van der Waals surface area contributed by atoms with E-state index in [1.54, 1.807) is 6.20 Å². The number of aromatic nitrogens is 3. The van der Waals surface area contributed by atoms with E-state index in [0.717, 1.165) is 80.3 Å². The molecule has 39 heavy (non-hydrogen) atoms. The Labute approximate surface area is 235 Å². The van der Waals surface area contributed by atoms with E-state index in [4.69, 9.17) is 16.6 Å². The standard InChI is InChI=1S/C29H37ClN8O/c1-36-14-16-37(17-15-36)21-28(39)31-11-9-25-6-3-13-38(25)27-8-7-23(20-33-27)26-10-12-32-29(35-26)34-24-5-2-4-22(18-24)19-30/h2,4-5,7-8,10,12,18,20,25H,3,6,9,11,13-17,19,21H2,1H3,(H,31,39)(H,32,34,35). The molecule has 1 atom stereocenters. The number of carbonyl (C=O) groups is 1. The lowest BCUT2D eigenvalue weighted by molar-refractivity contribution is -0.122. The molecule has 2 saturated heterocycles. The molecule has 2 fully saturated rings. The number of rotatable bonds is 10. The Balaban J connectivity index is 1.14. The molecule has 0 saturated carbocycles. The van der Waals surface area contributed by atoms with Gasteiger partial charge in [0.05, 0.1) is 12.2 Å². The van der Waals surface area contributed by atoms with Gasteiger partial charge in [-0.15, -0.1) is 11.6 Å². The molecule has 2 aliphatic heterocycles. The normalized spacial score (nSPS) is 18.3. The molecule has 2 N–H and O–H groups in total. The Kier molecular flexibility index (Phi) is 9.23. The van der Waals surface area contributed by atoms with Crippen molar-refractivity contribution in [1.82, 2.24) is 30.1 Å². The minimum Gasteiger partial charge on any atom is -0.355 e. The highest BCUT2D eigenvalue weighted by Crippen LogP contribution is 2.27. The zero-order valence-electron chi connectivity index (χ0n) is 22.5. The van der Waals surface area contributed by atoms with Gasteiger partial charge in [-0.1, -0.05) is 12.1 Å². The number of nitrogens with one attached hydrogen (secondary N) is 2. The number of alkyl halides is 1. The molecular weight excluding hydrogens is 512 g/mol. The van der Waals surface area contributed by atoms with Crippen molar-refractivity contribution in [3.63, 3.8) is 0 Å². The summed E-state index contributed by atoms with van der Waals surface area (Å²) in [7, 11) is 2.13. The summed E-state index contributed by atoms with van der Waals surface area (Å²) < 4.78 is 0. The first-order valence-corrected chi connectivity index (χ1v) is 14.3. The third-order valence-corrected chi connectivity index (χ3v) is 7.78. The van der Waals surface area contributed by atoms with Crippen molar-refractivity contribution in [2.75, 3.05) is 63.1 Å². The van der Waals surface area contributed by atoms with E-state index in [-0.39, 0.29) is 5.91 Å². The fourth-order valence-electron chi connectivity index (χ4n) is 5.23. The van der Waals surface area contributed by atoms with Gasteiger partial charge in [0.15, 0.2) is 0 Å². The van der Waals surface area contributed by atoms with Crippen LogP contribution in [0.4, 0.5) is 17.5 Å². The number of nitrogens with zero attached hydrogens (tertiary/aromatic N) is 6. The van der Waals surface area contributed by atoms with Gasteiger partial charge in [-0.05, 0) is 62.2 Å². The number of halogens is 1. The third kappa shape index (κ3) is 7.44. The number of likely N-dealkylation sites (N-methyl/N-ethyl adjacent to an activating group) is 1. The van der Waals surface area contributed by atoms with Crippen LogP contribution in [0.3, 0.4) is 0 Å². The number of piperazine rings is 1. The largest absolute Gasteiger partial charge is 0.355 e. The van der Waals surface area contributed by atoms with Crippen LogP contribution >= 0.6 is 11.6 Å². The number of amides is 1. The van der Waals surface area contributed by atoms with Crippen LogP contribution in [0.15, 0.2) is 54.9 Å². The fraction of sp³-hybridized carbons (Fsp3) is 0.448. The summed E-state index contributed by atoms with van der Waals surface area (Å²) in [5.41, 5.74) is 3.67. The maximum atomic E-state index is 12.4. The highest BCUT2D eigenvalue weighted by molar-refractivity contribution is 6.17. The second kappa shape index (κ2) is 13.2. The van der Waals surface area contributed by atoms with E-state index in [9.17, 15) is 4.79 Å². The summed E-state index contributed by atoms with van der Waals surface area (Å²) in [6, 6.07) is 14.3. The van der Waals surface area contributed by atoms with Gasteiger partial charge < -0.3 is 20.4 Å². The number of carbonyl (C=O) groups excluding carboxylic acids is 1. The molecule has 4 heterocycles. The summed E-state index contributed by atoms with van der Waals surface area (Å²) >= 11 is 5.96. The number of hydrogen-bond donors (Lipinski definition) is 2. The van der Waals surface area contributed by atoms with Crippen LogP contribution in [0.25, 0.3) is 11.3 Å².